The molecule has 5 nitrogen and oxygen atoms in total. The van der Waals surface area contributed by atoms with E-state index in [1.807, 2.05) is 25.1 Å². The Balaban J connectivity index is 1.80. The quantitative estimate of drug-likeness (QED) is 0.906. The van der Waals surface area contributed by atoms with Crippen molar-refractivity contribution >= 4 is 27.3 Å². The number of carbonyl (C=O) groups is 1. The summed E-state index contributed by atoms with van der Waals surface area (Å²) in [5.41, 5.74) is 2.36. The van der Waals surface area contributed by atoms with Crippen LogP contribution in [0.5, 0.6) is 0 Å². The van der Waals surface area contributed by atoms with Gasteiger partial charge in [-0.25, -0.2) is 8.42 Å². The van der Waals surface area contributed by atoms with Crippen LogP contribution in [0.25, 0.3) is 0 Å². The van der Waals surface area contributed by atoms with Gasteiger partial charge in [0.1, 0.15) is 0 Å². The maximum absolute atomic E-state index is 12.5. The molecule has 24 heavy (non-hydrogen) atoms. The van der Waals surface area contributed by atoms with Crippen molar-refractivity contribution in [2.75, 3.05) is 16.2 Å². The first kappa shape index (κ1) is 16.5. The Labute approximate surface area is 142 Å². The highest BCUT2D eigenvalue weighted by Gasteiger charge is 2.22. The third kappa shape index (κ3) is 3.43. The van der Waals surface area contributed by atoms with Crippen LogP contribution in [-0.2, 0) is 21.2 Å². The maximum atomic E-state index is 12.5. The number of rotatable bonds is 5. The molecule has 1 saturated heterocycles. The van der Waals surface area contributed by atoms with E-state index in [-0.39, 0.29) is 10.8 Å². The molecule has 1 aliphatic rings. The highest BCUT2D eigenvalue weighted by atomic mass is 32.2. The van der Waals surface area contributed by atoms with Crippen molar-refractivity contribution < 1.29 is 13.2 Å². The zero-order chi connectivity index (χ0) is 17.2. The molecule has 0 saturated carbocycles. The molecule has 2 aromatic rings. The third-order valence-corrected chi connectivity index (χ3v) is 5.52. The number of aryl methyl sites for hydroxylation is 1. The lowest BCUT2D eigenvalue weighted by atomic mass is 10.1. The summed E-state index contributed by atoms with van der Waals surface area (Å²) in [5.74, 6) is 0.0834. The van der Waals surface area contributed by atoms with Crippen LogP contribution in [0.3, 0.4) is 0 Å². The van der Waals surface area contributed by atoms with Gasteiger partial charge >= 0.3 is 0 Å². The minimum absolute atomic E-state index is 0.0834. The average Bonchev–Trinajstić information content (AvgIpc) is 3.01. The van der Waals surface area contributed by atoms with Gasteiger partial charge < -0.3 is 4.90 Å². The van der Waals surface area contributed by atoms with Crippen molar-refractivity contribution in [3.8, 4) is 0 Å². The van der Waals surface area contributed by atoms with Gasteiger partial charge in [-0.15, -0.1) is 0 Å². The Kier molecular flexibility index (Phi) is 4.57. The maximum Gasteiger partial charge on any atom is 0.261 e. The minimum atomic E-state index is -3.65. The predicted molar refractivity (Wildman–Crippen MR) is 94.7 cm³/mol. The van der Waals surface area contributed by atoms with E-state index in [1.54, 1.807) is 23.1 Å². The lowest BCUT2D eigenvalue weighted by Crippen LogP contribution is -2.23. The van der Waals surface area contributed by atoms with Gasteiger partial charge in [0.2, 0.25) is 5.91 Å². The van der Waals surface area contributed by atoms with Crippen molar-refractivity contribution in [1.29, 1.82) is 0 Å². The highest BCUT2D eigenvalue weighted by molar-refractivity contribution is 7.92. The normalized spacial score (nSPS) is 14.9. The van der Waals surface area contributed by atoms with E-state index in [0.29, 0.717) is 18.7 Å². The number of nitrogens with one attached hydrogen (secondary N) is 1. The van der Waals surface area contributed by atoms with Crippen LogP contribution in [0.1, 0.15) is 25.3 Å². The second-order valence-electron chi connectivity index (χ2n) is 5.80. The van der Waals surface area contributed by atoms with E-state index in [0.717, 1.165) is 24.1 Å². The van der Waals surface area contributed by atoms with E-state index < -0.39 is 10.0 Å². The van der Waals surface area contributed by atoms with Crippen molar-refractivity contribution in [3.63, 3.8) is 0 Å². The van der Waals surface area contributed by atoms with Gasteiger partial charge in [-0.2, -0.15) is 0 Å². The Bertz CT molecular complexity index is 845. The smallest absolute Gasteiger partial charge is 0.261 e. The van der Waals surface area contributed by atoms with Crippen molar-refractivity contribution in [3.05, 3.63) is 54.1 Å². The Morgan fingerprint density at radius 3 is 2.50 bits per heavy atom. The summed E-state index contributed by atoms with van der Waals surface area (Å²) in [6.45, 7) is 2.71. The molecule has 0 atom stereocenters. The molecule has 1 fully saturated rings. The number of benzene rings is 2. The van der Waals surface area contributed by atoms with Gasteiger partial charge in [-0.1, -0.05) is 19.1 Å². The summed E-state index contributed by atoms with van der Waals surface area (Å²) >= 11 is 0. The van der Waals surface area contributed by atoms with Gasteiger partial charge in [0.05, 0.1) is 4.90 Å². The van der Waals surface area contributed by atoms with Crippen molar-refractivity contribution in [2.45, 2.75) is 31.1 Å². The summed E-state index contributed by atoms with van der Waals surface area (Å²) < 4.78 is 27.6. The van der Waals surface area contributed by atoms with E-state index in [1.165, 1.54) is 12.1 Å². The Hall–Kier alpha value is -2.34. The standard InChI is InChI=1S/C18H20N2O3S/c1-2-14-5-3-6-15(13-14)19-24(22,23)17-10-8-16(9-11-17)20-12-4-7-18(20)21/h3,5-6,8-11,13,19H,2,4,7,12H2,1H3. The zero-order valence-electron chi connectivity index (χ0n) is 13.5. The fraction of sp³-hybridized carbons (Fsp3) is 0.278. The minimum Gasteiger partial charge on any atom is -0.312 e. The average molecular weight is 344 g/mol. The number of hydrogen-bond donors (Lipinski definition) is 1. The van der Waals surface area contributed by atoms with Gasteiger partial charge in [0, 0.05) is 24.3 Å². The van der Waals surface area contributed by atoms with Gasteiger partial charge in [0.25, 0.3) is 10.0 Å². The number of anilines is 2. The van der Waals surface area contributed by atoms with Crippen molar-refractivity contribution in [1.82, 2.24) is 0 Å². The number of hydrogen-bond acceptors (Lipinski definition) is 3. The number of nitrogens with zero attached hydrogens (tertiary/aromatic N) is 1. The SMILES string of the molecule is CCc1cccc(NS(=O)(=O)c2ccc(N3CCCC3=O)cc2)c1. The third-order valence-electron chi connectivity index (χ3n) is 4.12. The summed E-state index contributed by atoms with van der Waals surface area (Å²) in [4.78, 5) is 13.6. The first-order valence-electron chi connectivity index (χ1n) is 8.02. The van der Waals surface area contributed by atoms with Crippen LogP contribution in [0.4, 0.5) is 11.4 Å². The molecule has 0 aromatic heterocycles. The molecule has 126 valence electrons. The van der Waals surface area contributed by atoms with Crippen LogP contribution in [0, 0.1) is 0 Å². The molecule has 6 heteroatoms. The molecule has 1 amide bonds. The number of sulfonamides is 1. The van der Waals surface area contributed by atoms with Crippen LogP contribution in [0.15, 0.2) is 53.4 Å². The summed E-state index contributed by atoms with van der Waals surface area (Å²) in [6.07, 6.45) is 2.23. The monoisotopic (exact) mass is 344 g/mol. The van der Waals surface area contributed by atoms with E-state index in [4.69, 9.17) is 0 Å². The molecular weight excluding hydrogens is 324 g/mol. The van der Waals surface area contributed by atoms with Crippen LogP contribution < -0.4 is 9.62 Å². The zero-order valence-corrected chi connectivity index (χ0v) is 14.3. The Morgan fingerprint density at radius 1 is 1.12 bits per heavy atom. The molecule has 3 rings (SSSR count). The van der Waals surface area contributed by atoms with Crippen LogP contribution in [-0.4, -0.2) is 20.9 Å². The van der Waals surface area contributed by atoms with Gasteiger partial charge in [-0.05, 0) is 54.8 Å². The number of carbonyl (C=O) groups excluding carboxylic acids is 1. The molecule has 0 spiro atoms. The topological polar surface area (TPSA) is 66.5 Å². The predicted octanol–water partition coefficient (Wildman–Crippen LogP) is 3.18. The molecule has 1 N–H and O–H groups in total. The summed E-state index contributed by atoms with van der Waals surface area (Å²) in [5, 5.41) is 0. The molecule has 2 aromatic carbocycles. The first-order chi connectivity index (χ1) is 11.5. The lowest BCUT2D eigenvalue weighted by molar-refractivity contribution is -0.117. The second-order valence-corrected chi connectivity index (χ2v) is 7.48. The first-order valence-corrected chi connectivity index (χ1v) is 9.50. The van der Waals surface area contributed by atoms with Crippen molar-refractivity contribution in [2.24, 2.45) is 0 Å². The highest BCUT2D eigenvalue weighted by Crippen LogP contribution is 2.24. The molecule has 1 heterocycles. The van der Waals surface area contributed by atoms with E-state index in [2.05, 4.69) is 4.72 Å². The van der Waals surface area contributed by atoms with Crippen LogP contribution >= 0.6 is 0 Å². The van der Waals surface area contributed by atoms with E-state index in [9.17, 15) is 13.2 Å². The fourth-order valence-electron chi connectivity index (χ4n) is 2.80. The largest absolute Gasteiger partial charge is 0.312 e. The van der Waals surface area contributed by atoms with Crippen LogP contribution in [0.2, 0.25) is 0 Å². The second kappa shape index (κ2) is 6.65. The molecule has 0 radical (unpaired) electrons. The fourth-order valence-corrected chi connectivity index (χ4v) is 3.84. The lowest BCUT2D eigenvalue weighted by Gasteiger charge is -2.16. The Morgan fingerprint density at radius 2 is 1.88 bits per heavy atom. The van der Waals surface area contributed by atoms with E-state index >= 15 is 0 Å². The molecule has 0 unspecified atom stereocenters. The molecule has 1 aliphatic heterocycles. The van der Waals surface area contributed by atoms with Gasteiger partial charge in [0.15, 0.2) is 0 Å². The number of amides is 1. The molecule has 0 aliphatic carbocycles. The summed E-state index contributed by atoms with van der Waals surface area (Å²) in [7, 11) is -3.65. The van der Waals surface area contributed by atoms with Gasteiger partial charge in [-0.3, -0.25) is 9.52 Å². The molecular formula is C18H20N2O3S. The summed E-state index contributed by atoms with van der Waals surface area (Å²) in [6, 6.07) is 13.8. The molecule has 0 bridgehead atoms.